The molecular weight excluding hydrogens is 442 g/mol. The van der Waals surface area contributed by atoms with E-state index >= 15 is 0 Å². The maximum Gasteiger partial charge on any atom is 0.291 e. The number of primary amides is 1. The van der Waals surface area contributed by atoms with Gasteiger partial charge in [-0.3, -0.25) is 9.59 Å². The quantitative estimate of drug-likeness (QED) is 0.550. The number of amides is 2. The first kappa shape index (κ1) is 22.6. The van der Waals surface area contributed by atoms with E-state index in [1.165, 1.54) is 24.5 Å². The standard InChI is InChI=1S/C24H25N3O5S/c25-23(28)17-10-13-27(14-11-17)20-8-6-19(7-9-20)26-24(29)22-18(12-15-32-22)16-33(30,31)21-4-2-1-3-5-21/h1-9,12,15,17H,10-11,13-14,16H2,(H2,25,28)(H,26,29). The highest BCUT2D eigenvalue weighted by Gasteiger charge is 2.24. The van der Waals surface area contributed by atoms with Gasteiger partial charge in [0.1, 0.15) is 0 Å². The average Bonchev–Trinajstić information content (AvgIpc) is 3.28. The van der Waals surface area contributed by atoms with Gasteiger partial charge in [-0.15, -0.1) is 0 Å². The molecule has 2 amide bonds. The van der Waals surface area contributed by atoms with Gasteiger partial charge in [-0.05, 0) is 55.3 Å². The van der Waals surface area contributed by atoms with Crippen LogP contribution in [0.25, 0.3) is 0 Å². The van der Waals surface area contributed by atoms with Crippen LogP contribution >= 0.6 is 0 Å². The molecular formula is C24H25N3O5S. The van der Waals surface area contributed by atoms with Gasteiger partial charge in [-0.1, -0.05) is 18.2 Å². The smallest absolute Gasteiger partial charge is 0.291 e. The van der Waals surface area contributed by atoms with Gasteiger partial charge >= 0.3 is 0 Å². The van der Waals surface area contributed by atoms with Crippen LogP contribution in [0.1, 0.15) is 29.0 Å². The number of piperidine rings is 1. The molecule has 2 heterocycles. The van der Waals surface area contributed by atoms with Crippen LogP contribution in [-0.2, 0) is 20.4 Å². The minimum atomic E-state index is -3.61. The summed E-state index contributed by atoms with van der Waals surface area (Å²) in [6, 6.07) is 16.9. The van der Waals surface area contributed by atoms with Crippen molar-refractivity contribution in [2.45, 2.75) is 23.5 Å². The molecule has 8 nitrogen and oxygen atoms in total. The third-order valence-corrected chi connectivity index (χ3v) is 7.47. The van der Waals surface area contributed by atoms with Crippen LogP contribution in [-0.4, -0.2) is 33.3 Å². The van der Waals surface area contributed by atoms with E-state index in [9.17, 15) is 18.0 Å². The average molecular weight is 468 g/mol. The van der Waals surface area contributed by atoms with E-state index in [0.717, 1.165) is 31.6 Å². The van der Waals surface area contributed by atoms with Crippen LogP contribution in [0.3, 0.4) is 0 Å². The van der Waals surface area contributed by atoms with Gasteiger partial charge in [0.25, 0.3) is 5.91 Å². The second-order valence-corrected chi connectivity index (χ2v) is 10.0. The van der Waals surface area contributed by atoms with Gasteiger partial charge in [0, 0.05) is 35.9 Å². The molecule has 1 aliphatic rings. The Morgan fingerprint density at radius 1 is 1.00 bits per heavy atom. The predicted molar refractivity (Wildman–Crippen MR) is 125 cm³/mol. The maximum absolute atomic E-state index is 12.8. The SMILES string of the molecule is NC(=O)C1CCN(c2ccc(NC(=O)c3occc3CS(=O)(=O)c3ccccc3)cc2)CC1. The highest BCUT2D eigenvalue weighted by Crippen LogP contribution is 2.25. The summed E-state index contributed by atoms with van der Waals surface area (Å²) in [6.07, 6.45) is 2.76. The number of anilines is 2. The van der Waals surface area contributed by atoms with Crippen molar-refractivity contribution in [3.8, 4) is 0 Å². The lowest BCUT2D eigenvalue weighted by molar-refractivity contribution is -0.122. The summed E-state index contributed by atoms with van der Waals surface area (Å²) in [4.78, 5) is 26.4. The van der Waals surface area contributed by atoms with E-state index in [2.05, 4.69) is 10.2 Å². The molecule has 172 valence electrons. The molecule has 3 aromatic rings. The molecule has 0 aliphatic carbocycles. The molecule has 4 rings (SSSR count). The lowest BCUT2D eigenvalue weighted by Crippen LogP contribution is -2.38. The number of hydrogen-bond donors (Lipinski definition) is 2. The normalized spacial score (nSPS) is 14.7. The molecule has 2 aromatic carbocycles. The van der Waals surface area contributed by atoms with E-state index in [1.807, 2.05) is 12.1 Å². The summed E-state index contributed by atoms with van der Waals surface area (Å²) >= 11 is 0. The third kappa shape index (κ3) is 5.25. The summed E-state index contributed by atoms with van der Waals surface area (Å²) in [5.74, 6) is -1.22. The Morgan fingerprint density at radius 2 is 1.67 bits per heavy atom. The van der Waals surface area contributed by atoms with E-state index in [0.29, 0.717) is 11.3 Å². The lowest BCUT2D eigenvalue weighted by Gasteiger charge is -2.32. The van der Waals surface area contributed by atoms with Crippen molar-refractivity contribution in [3.05, 3.63) is 78.3 Å². The molecule has 1 saturated heterocycles. The molecule has 0 unspecified atom stereocenters. The Kier molecular flexibility index (Phi) is 6.50. The summed E-state index contributed by atoms with van der Waals surface area (Å²) in [7, 11) is -3.61. The van der Waals surface area contributed by atoms with E-state index < -0.39 is 15.7 Å². The minimum Gasteiger partial charge on any atom is -0.459 e. The summed E-state index contributed by atoms with van der Waals surface area (Å²) in [5, 5.41) is 2.76. The first-order valence-corrected chi connectivity index (χ1v) is 12.3. The fourth-order valence-electron chi connectivity index (χ4n) is 3.93. The van der Waals surface area contributed by atoms with Crippen LogP contribution in [0.15, 0.2) is 76.2 Å². The molecule has 1 aliphatic heterocycles. The van der Waals surface area contributed by atoms with Gasteiger partial charge in [-0.2, -0.15) is 0 Å². The Bertz CT molecular complexity index is 1230. The van der Waals surface area contributed by atoms with Crippen LogP contribution in [0.2, 0.25) is 0 Å². The zero-order valence-corrected chi connectivity index (χ0v) is 18.8. The number of nitrogens with zero attached hydrogens (tertiary/aromatic N) is 1. The van der Waals surface area contributed by atoms with Gasteiger partial charge in [0.05, 0.1) is 16.9 Å². The number of hydrogen-bond acceptors (Lipinski definition) is 6. The predicted octanol–water partition coefficient (Wildman–Crippen LogP) is 3.21. The highest BCUT2D eigenvalue weighted by atomic mass is 32.2. The topological polar surface area (TPSA) is 123 Å². The van der Waals surface area contributed by atoms with Crippen molar-refractivity contribution < 1.29 is 22.4 Å². The van der Waals surface area contributed by atoms with Gasteiger partial charge < -0.3 is 20.4 Å². The fourth-order valence-corrected chi connectivity index (χ4v) is 5.31. The Balaban J connectivity index is 1.41. The lowest BCUT2D eigenvalue weighted by atomic mass is 9.96. The molecule has 1 fully saturated rings. The number of nitrogens with two attached hydrogens (primary N) is 1. The molecule has 0 radical (unpaired) electrons. The number of carbonyl (C=O) groups is 2. The van der Waals surface area contributed by atoms with Crippen LogP contribution in [0.4, 0.5) is 11.4 Å². The van der Waals surface area contributed by atoms with Crippen LogP contribution in [0, 0.1) is 5.92 Å². The maximum atomic E-state index is 12.8. The van der Waals surface area contributed by atoms with Gasteiger partial charge in [0.15, 0.2) is 15.6 Å². The molecule has 0 spiro atoms. The zero-order valence-electron chi connectivity index (χ0n) is 17.9. The summed E-state index contributed by atoms with van der Waals surface area (Å²) in [6.45, 7) is 1.48. The number of sulfone groups is 1. The van der Waals surface area contributed by atoms with Crippen molar-refractivity contribution in [3.63, 3.8) is 0 Å². The number of benzene rings is 2. The number of rotatable bonds is 7. The van der Waals surface area contributed by atoms with E-state index in [4.69, 9.17) is 10.2 Å². The number of furan rings is 1. The number of carbonyl (C=O) groups excluding carboxylic acids is 2. The Labute approximate surface area is 192 Å². The van der Waals surface area contributed by atoms with Gasteiger partial charge in [0.2, 0.25) is 5.91 Å². The molecule has 1 aromatic heterocycles. The van der Waals surface area contributed by atoms with Gasteiger partial charge in [-0.25, -0.2) is 8.42 Å². The summed E-state index contributed by atoms with van der Waals surface area (Å²) < 4.78 is 30.7. The third-order valence-electron chi connectivity index (χ3n) is 5.79. The molecule has 9 heteroatoms. The van der Waals surface area contributed by atoms with Crippen molar-refractivity contribution in [2.75, 3.05) is 23.3 Å². The first-order valence-electron chi connectivity index (χ1n) is 10.6. The molecule has 0 bridgehead atoms. The van der Waals surface area contributed by atoms with E-state index in [1.54, 1.807) is 30.3 Å². The molecule has 0 saturated carbocycles. The second-order valence-electron chi connectivity index (χ2n) is 8.01. The fraction of sp³-hybridized carbons (Fsp3) is 0.250. The molecule has 33 heavy (non-hydrogen) atoms. The minimum absolute atomic E-state index is 0.0351. The Morgan fingerprint density at radius 3 is 2.30 bits per heavy atom. The van der Waals surface area contributed by atoms with E-state index in [-0.39, 0.29) is 28.2 Å². The largest absolute Gasteiger partial charge is 0.459 e. The van der Waals surface area contributed by atoms with Crippen molar-refractivity contribution in [2.24, 2.45) is 11.7 Å². The second kappa shape index (κ2) is 9.50. The van der Waals surface area contributed by atoms with Crippen molar-refractivity contribution >= 4 is 33.0 Å². The zero-order chi connectivity index (χ0) is 23.4. The van der Waals surface area contributed by atoms with Crippen molar-refractivity contribution in [1.82, 2.24) is 0 Å². The van der Waals surface area contributed by atoms with Crippen LogP contribution < -0.4 is 16.0 Å². The molecule has 0 atom stereocenters. The van der Waals surface area contributed by atoms with Crippen LogP contribution in [0.5, 0.6) is 0 Å². The van der Waals surface area contributed by atoms with Crippen molar-refractivity contribution in [1.29, 1.82) is 0 Å². The first-order chi connectivity index (χ1) is 15.8. The highest BCUT2D eigenvalue weighted by molar-refractivity contribution is 7.90. The monoisotopic (exact) mass is 467 g/mol. The molecule has 3 N–H and O–H groups in total. The Hall–Kier alpha value is -3.59. The number of nitrogens with one attached hydrogen (secondary N) is 1. The summed E-state index contributed by atoms with van der Waals surface area (Å²) in [5.41, 5.74) is 7.24.